The standard InChI is InChI=1S/C23H51NO3Si/c1-4-25-28(26-5-2,27-6-3)23-21-19-17-15-13-11-9-7-8-10-12-14-16-18-20-22-24/h4-24H2,1-3H3. The summed E-state index contributed by atoms with van der Waals surface area (Å²) in [5.41, 5.74) is 5.52. The van der Waals surface area contributed by atoms with Gasteiger partial charge >= 0.3 is 8.80 Å². The molecule has 0 unspecified atom stereocenters. The smallest absolute Gasteiger partial charge is 0.374 e. The molecular formula is C23H51NO3Si. The molecule has 0 aromatic rings. The van der Waals surface area contributed by atoms with E-state index in [9.17, 15) is 0 Å². The summed E-state index contributed by atoms with van der Waals surface area (Å²) < 4.78 is 17.8. The van der Waals surface area contributed by atoms with Crippen LogP contribution in [-0.4, -0.2) is 35.2 Å². The first-order valence-corrected chi connectivity index (χ1v) is 14.3. The van der Waals surface area contributed by atoms with Gasteiger partial charge in [0.2, 0.25) is 0 Å². The lowest BCUT2D eigenvalue weighted by atomic mass is 10.0. The van der Waals surface area contributed by atoms with Crippen LogP contribution in [0.3, 0.4) is 0 Å². The van der Waals surface area contributed by atoms with Gasteiger partial charge in [0.05, 0.1) is 0 Å². The van der Waals surface area contributed by atoms with Crippen LogP contribution in [0.1, 0.15) is 117 Å². The summed E-state index contributed by atoms with van der Waals surface area (Å²) in [6.07, 6.45) is 20.4. The molecule has 0 aliphatic rings. The van der Waals surface area contributed by atoms with Crippen molar-refractivity contribution in [1.82, 2.24) is 0 Å². The lowest BCUT2D eigenvalue weighted by Crippen LogP contribution is -2.45. The minimum Gasteiger partial charge on any atom is -0.374 e. The highest BCUT2D eigenvalue weighted by Crippen LogP contribution is 2.21. The van der Waals surface area contributed by atoms with Crippen LogP contribution in [0.15, 0.2) is 0 Å². The van der Waals surface area contributed by atoms with Gasteiger partial charge in [-0.3, -0.25) is 0 Å². The van der Waals surface area contributed by atoms with E-state index in [0.717, 1.165) is 19.0 Å². The van der Waals surface area contributed by atoms with Crippen molar-refractivity contribution in [2.45, 2.75) is 123 Å². The Bertz CT molecular complexity index is 289. The average Bonchev–Trinajstić information content (AvgIpc) is 2.68. The van der Waals surface area contributed by atoms with Crippen molar-refractivity contribution in [3.05, 3.63) is 0 Å². The van der Waals surface area contributed by atoms with Crippen LogP contribution < -0.4 is 5.73 Å². The number of nitrogens with two attached hydrogens (primary N) is 1. The van der Waals surface area contributed by atoms with E-state index < -0.39 is 8.80 Å². The third-order valence-corrected chi connectivity index (χ3v) is 8.43. The Balaban J connectivity index is 3.46. The largest absolute Gasteiger partial charge is 0.500 e. The summed E-state index contributed by atoms with van der Waals surface area (Å²) in [5.74, 6) is 0. The SMILES string of the molecule is CCO[Si](CCCCCCCCCCCCCCCCCN)(OCC)OCC. The maximum Gasteiger partial charge on any atom is 0.500 e. The van der Waals surface area contributed by atoms with Gasteiger partial charge in [0, 0.05) is 25.9 Å². The number of rotatable bonds is 23. The van der Waals surface area contributed by atoms with Gasteiger partial charge in [0.1, 0.15) is 0 Å². The van der Waals surface area contributed by atoms with Crippen molar-refractivity contribution in [1.29, 1.82) is 0 Å². The Labute approximate surface area is 177 Å². The first kappa shape index (κ1) is 28.1. The van der Waals surface area contributed by atoms with Crippen molar-refractivity contribution in [2.24, 2.45) is 5.73 Å². The molecule has 0 spiro atoms. The van der Waals surface area contributed by atoms with E-state index >= 15 is 0 Å². The zero-order chi connectivity index (χ0) is 20.8. The van der Waals surface area contributed by atoms with Crippen LogP contribution >= 0.6 is 0 Å². The van der Waals surface area contributed by atoms with Gasteiger partial charge in [-0.1, -0.05) is 83.5 Å². The van der Waals surface area contributed by atoms with Gasteiger partial charge in [0.25, 0.3) is 0 Å². The van der Waals surface area contributed by atoms with Crippen LogP contribution in [0, 0.1) is 0 Å². The van der Waals surface area contributed by atoms with E-state index in [1.165, 1.54) is 89.9 Å². The molecule has 0 saturated heterocycles. The van der Waals surface area contributed by atoms with E-state index in [1.54, 1.807) is 0 Å². The highest BCUT2D eigenvalue weighted by atomic mass is 28.4. The van der Waals surface area contributed by atoms with Crippen LogP contribution in [0.25, 0.3) is 0 Å². The summed E-state index contributed by atoms with van der Waals surface area (Å²) in [4.78, 5) is 0. The summed E-state index contributed by atoms with van der Waals surface area (Å²) in [5, 5.41) is 0. The molecule has 0 aromatic heterocycles. The van der Waals surface area contributed by atoms with Crippen molar-refractivity contribution >= 4 is 8.80 Å². The normalized spacial score (nSPS) is 12.0. The molecule has 170 valence electrons. The molecule has 5 heteroatoms. The molecule has 0 atom stereocenters. The van der Waals surface area contributed by atoms with E-state index in [4.69, 9.17) is 19.0 Å². The van der Waals surface area contributed by atoms with E-state index in [0.29, 0.717) is 19.8 Å². The van der Waals surface area contributed by atoms with Crippen LogP contribution in [0.5, 0.6) is 0 Å². The second-order valence-electron chi connectivity index (χ2n) is 7.82. The Hall–Kier alpha value is 0.0569. The first-order chi connectivity index (χ1) is 13.7. The predicted octanol–water partition coefficient (Wildman–Crippen LogP) is 6.85. The van der Waals surface area contributed by atoms with Crippen LogP contribution in [0.4, 0.5) is 0 Å². The molecule has 0 amide bonds. The number of hydrogen-bond donors (Lipinski definition) is 1. The summed E-state index contributed by atoms with van der Waals surface area (Å²) in [6.45, 7) is 8.99. The first-order valence-electron chi connectivity index (χ1n) is 12.4. The van der Waals surface area contributed by atoms with Crippen molar-refractivity contribution in [2.75, 3.05) is 26.4 Å². The second kappa shape index (κ2) is 21.8. The molecular weight excluding hydrogens is 366 g/mol. The monoisotopic (exact) mass is 417 g/mol. The van der Waals surface area contributed by atoms with E-state index in [1.807, 2.05) is 20.8 Å². The third kappa shape index (κ3) is 17.0. The fourth-order valence-electron chi connectivity index (χ4n) is 3.79. The molecule has 28 heavy (non-hydrogen) atoms. The molecule has 4 nitrogen and oxygen atoms in total. The lowest BCUT2D eigenvalue weighted by Gasteiger charge is -2.28. The van der Waals surface area contributed by atoms with Gasteiger partial charge in [-0.15, -0.1) is 0 Å². The number of unbranched alkanes of at least 4 members (excludes halogenated alkanes) is 14. The Morgan fingerprint density at radius 2 is 0.750 bits per heavy atom. The fraction of sp³-hybridized carbons (Fsp3) is 1.00. The van der Waals surface area contributed by atoms with E-state index in [-0.39, 0.29) is 0 Å². The van der Waals surface area contributed by atoms with Crippen LogP contribution in [0.2, 0.25) is 6.04 Å². The molecule has 0 aliphatic carbocycles. The molecule has 0 radical (unpaired) electrons. The minimum absolute atomic E-state index is 0.681. The zero-order valence-electron chi connectivity index (χ0n) is 19.4. The van der Waals surface area contributed by atoms with Gasteiger partial charge in [-0.05, 0) is 40.2 Å². The van der Waals surface area contributed by atoms with Crippen molar-refractivity contribution in [3.8, 4) is 0 Å². The molecule has 0 heterocycles. The average molecular weight is 418 g/mol. The molecule has 0 aliphatic heterocycles. The highest BCUT2D eigenvalue weighted by molar-refractivity contribution is 6.60. The molecule has 0 bridgehead atoms. The Morgan fingerprint density at radius 3 is 1.04 bits per heavy atom. The Kier molecular flexibility index (Phi) is 21.8. The summed E-state index contributed by atoms with van der Waals surface area (Å²) in [7, 11) is -2.41. The maximum atomic E-state index is 5.92. The van der Waals surface area contributed by atoms with Gasteiger partial charge in [-0.25, -0.2) is 0 Å². The van der Waals surface area contributed by atoms with Crippen LogP contribution in [-0.2, 0) is 13.3 Å². The third-order valence-electron chi connectivity index (χ3n) is 5.28. The minimum atomic E-state index is -2.41. The van der Waals surface area contributed by atoms with Gasteiger partial charge < -0.3 is 19.0 Å². The molecule has 0 fully saturated rings. The second-order valence-corrected chi connectivity index (χ2v) is 10.6. The van der Waals surface area contributed by atoms with Gasteiger partial charge in [-0.2, -0.15) is 0 Å². The van der Waals surface area contributed by atoms with E-state index in [2.05, 4.69) is 0 Å². The predicted molar refractivity (Wildman–Crippen MR) is 124 cm³/mol. The Morgan fingerprint density at radius 1 is 0.464 bits per heavy atom. The summed E-state index contributed by atoms with van der Waals surface area (Å²) in [6, 6.07) is 0.967. The zero-order valence-corrected chi connectivity index (χ0v) is 20.4. The summed E-state index contributed by atoms with van der Waals surface area (Å²) >= 11 is 0. The number of hydrogen-bond acceptors (Lipinski definition) is 4. The maximum absolute atomic E-state index is 5.92. The van der Waals surface area contributed by atoms with Gasteiger partial charge in [0.15, 0.2) is 0 Å². The van der Waals surface area contributed by atoms with Crippen molar-refractivity contribution < 1.29 is 13.3 Å². The lowest BCUT2D eigenvalue weighted by molar-refractivity contribution is 0.0706. The molecule has 0 aromatic carbocycles. The topological polar surface area (TPSA) is 53.7 Å². The quantitative estimate of drug-likeness (QED) is 0.146. The fourth-order valence-corrected chi connectivity index (χ4v) is 6.47. The molecule has 0 saturated carbocycles. The molecule has 2 N–H and O–H groups in total. The van der Waals surface area contributed by atoms with Crippen molar-refractivity contribution in [3.63, 3.8) is 0 Å². The highest BCUT2D eigenvalue weighted by Gasteiger charge is 2.39. The molecule has 0 rings (SSSR count).